The Hall–Kier alpha value is -3.31. The van der Waals surface area contributed by atoms with E-state index in [-0.39, 0.29) is 5.69 Å². The van der Waals surface area contributed by atoms with E-state index in [0.717, 1.165) is 30.3 Å². The van der Waals surface area contributed by atoms with Gasteiger partial charge in [0.15, 0.2) is 0 Å². The van der Waals surface area contributed by atoms with Crippen molar-refractivity contribution in [2.75, 3.05) is 23.3 Å². The smallest absolute Gasteiger partial charge is 0.477 e. The summed E-state index contributed by atoms with van der Waals surface area (Å²) >= 11 is 0. The van der Waals surface area contributed by atoms with E-state index in [2.05, 4.69) is 20.2 Å². The van der Waals surface area contributed by atoms with Gasteiger partial charge >= 0.3 is 18.1 Å². The molecule has 0 bridgehead atoms. The maximum absolute atomic E-state index is 11.0. The number of nitrogens with zero attached hydrogens (tertiary/aromatic N) is 4. The number of carboxylic acid groups (broad SMARTS) is 2. The number of carboxylic acids is 2. The minimum atomic E-state index is -5.08. The molecule has 1 saturated heterocycles. The second kappa shape index (κ2) is 9.26. The lowest BCUT2D eigenvalue weighted by Gasteiger charge is -2.14. The van der Waals surface area contributed by atoms with Crippen molar-refractivity contribution in [1.29, 1.82) is 0 Å². The first kappa shape index (κ1) is 22.0. The molecule has 0 amide bonds. The monoisotopic (exact) mass is 415 g/mol. The fourth-order valence-electron chi connectivity index (χ4n) is 2.60. The highest BCUT2D eigenvalue weighted by molar-refractivity contribution is 5.87. The Bertz CT molecular complexity index is 846. The summed E-state index contributed by atoms with van der Waals surface area (Å²) in [6, 6.07) is 1.61. The highest BCUT2D eigenvalue weighted by atomic mass is 19.4. The molecule has 0 aliphatic carbocycles. The summed E-state index contributed by atoms with van der Waals surface area (Å²) in [5.41, 5.74) is 1.98. The summed E-state index contributed by atoms with van der Waals surface area (Å²) in [5.74, 6) is -2.91. The van der Waals surface area contributed by atoms with E-state index in [4.69, 9.17) is 15.0 Å². The van der Waals surface area contributed by atoms with Crippen LogP contribution in [0.15, 0.2) is 24.7 Å². The lowest BCUT2D eigenvalue weighted by atomic mass is 10.3. The van der Waals surface area contributed by atoms with Crippen LogP contribution < -0.4 is 10.2 Å². The lowest BCUT2D eigenvalue weighted by molar-refractivity contribution is -0.192. The fourth-order valence-corrected chi connectivity index (χ4v) is 2.60. The highest BCUT2D eigenvalue weighted by Gasteiger charge is 2.38. The third-order valence-corrected chi connectivity index (χ3v) is 4.04. The SMILES string of the molecule is Cn1cc(NCc2cnc(N3CCCC3)nc2)cc1C(=O)O.O=C(O)C(F)(F)F. The summed E-state index contributed by atoms with van der Waals surface area (Å²) in [6.45, 7) is 2.61. The highest BCUT2D eigenvalue weighted by Crippen LogP contribution is 2.17. The average Bonchev–Trinajstić information content (AvgIpc) is 3.30. The van der Waals surface area contributed by atoms with Gasteiger partial charge < -0.3 is 25.0 Å². The molecule has 0 aromatic carbocycles. The number of hydrogen-bond acceptors (Lipinski definition) is 6. The molecule has 0 spiro atoms. The molecule has 12 heteroatoms. The van der Waals surface area contributed by atoms with E-state index < -0.39 is 18.1 Å². The first-order valence-electron chi connectivity index (χ1n) is 8.57. The predicted octanol–water partition coefficient (Wildman–Crippen LogP) is 2.36. The Labute approximate surface area is 163 Å². The van der Waals surface area contributed by atoms with Gasteiger partial charge in [-0.25, -0.2) is 19.6 Å². The van der Waals surface area contributed by atoms with Gasteiger partial charge in [-0.1, -0.05) is 0 Å². The van der Waals surface area contributed by atoms with Crippen LogP contribution in [0.1, 0.15) is 28.9 Å². The van der Waals surface area contributed by atoms with Crippen LogP contribution in [0.4, 0.5) is 24.8 Å². The number of aryl methyl sites for hydroxylation is 1. The quantitative estimate of drug-likeness (QED) is 0.681. The largest absolute Gasteiger partial charge is 0.490 e. The molecule has 1 aliphatic heterocycles. The molecule has 158 valence electrons. The van der Waals surface area contributed by atoms with Crippen LogP contribution in [0.2, 0.25) is 0 Å². The Morgan fingerprint density at radius 3 is 2.17 bits per heavy atom. The van der Waals surface area contributed by atoms with Crippen LogP contribution in [0.5, 0.6) is 0 Å². The number of aliphatic carboxylic acids is 1. The molecule has 0 saturated carbocycles. The first-order valence-corrected chi connectivity index (χ1v) is 8.57. The molecular weight excluding hydrogens is 395 g/mol. The molecular formula is C17H20F3N5O4. The van der Waals surface area contributed by atoms with Crippen molar-refractivity contribution in [3.8, 4) is 0 Å². The summed E-state index contributed by atoms with van der Waals surface area (Å²) in [5, 5.41) is 19.3. The minimum Gasteiger partial charge on any atom is -0.477 e. The van der Waals surface area contributed by atoms with Crippen molar-refractivity contribution < 1.29 is 33.0 Å². The zero-order chi connectivity index (χ0) is 21.6. The molecule has 0 radical (unpaired) electrons. The van der Waals surface area contributed by atoms with Crippen LogP contribution in [0.3, 0.4) is 0 Å². The zero-order valence-corrected chi connectivity index (χ0v) is 15.5. The van der Waals surface area contributed by atoms with Crippen molar-refractivity contribution in [1.82, 2.24) is 14.5 Å². The maximum atomic E-state index is 11.0. The standard InChI is InChI=1S/C15H19N5O2.C2HF3O2/c1-19-10-12(6-13(19)14(21)22)16-7-11-8-17-15(18-9-11)20-4-2-3-5-20;3-2(4,5)1(6)7/h6,8-10,16H,2-5,7H2,1H3,(H,21,22);(H,6,7). The number of hydrogen-bond donors (Lipinski definition) is 3. The van der Waals surface area contributed by atoms with Crippen molar-refractivity contribution in [2.45, 2.75) is 25.6 Å². The van der Waals surface area contributed by atoms with Gasteiger partial charge in [0, 0.05) is 50.8 Å². The van der Waals surface area contributed by atoms with Crippen LogP contribution in [-0.2, 0) is 18.4 Å². The molecule has 29 heavy (non-hydrogen) atoms. The van der Waals surface area contributed by atoms with Gasteiger partial charge in [-0.3, -0.25) is 0 Å². The van der Waals surface area contributed by atoms with Gasteiger partial charge in [0.25, 0.3) is 0 Å². The summed E-state index contributed by atoms with van der Waals surface area (Å²) in [4.78, 5) is 30.9. The molecule has 3 heterocycles. The van der Waals surface area contributed by atoms with Gasteiger partial charge in [0.2, 0.25) is 5.95 Å². The number of aromatic carboxylic acids is 1. The number of alkyl halides is 3. The molecule has 0 atom stereocenters. The topological polar surface area (TPSA) is 121 Å². The average molecular weight is 415 g/mol. The molecule has 9 nitrogen and oxygen atoms in total. The van der Waals surface area contributed by atoms with Crippen molar-refractivity contribution in [3.63, 3.8) is 0 Å². The third-order valence-electron chi connectivity index (χ3n) is 4.04. The number of carbonyl (C=O) groups is 2. The molecule has 0 unspecified atom stereocenters. The zero-order valence-electron chi connectivity index (χ0n) is 15.5. The molecule has 1 aliphatic rings. The van der Waals surface area contributed by atoms with E-state index in [1.54, 1.807) is 23.9 Å². The second-order valence-electron chi connectivity index (χ2n) is 6.27. The van der Waals surface area contributed by atoms with Crippen LogP contribution in [-0.4, -0.2) is 56.0 Å². The fraction of sp³-hybridized carbons (Fsp3) is 0.412. The summed E-state index contributed by atoms with van der Waals surface area (Å²) < 4.78 is 33.3. The summed E-state index contributed by atoms with van der Waals surface area (Å²) in [6.07, 6.45) is 2.70. The van der Waals surface area contributed by atoms with Crippen LogP contribution >= 0.6 is 0 Å². The first-order chi connectivity index (χ1) is 13.6. The van der Waals surface area contributed by atoms with E-state index >= 15 is 0 Å². The van der Waals surface area contributed by atoms with Crippen LogP contribution in [0.25, 0.3) is 0 Å². The second-order valence-corrected chi connectivity index (χ2v) is 6.27. The van der Waals surface area contributed by atoms with Gasteiger partial charge in [0.1, 0.15) is 5.69 Å². The number of halogens is 3. The Morgan fingerprint density at radius 1 is 1.17 bits per heavy atom. The number of aromatic nitrogens is 3. The van der Waals surface area contributed by atoms with Crippen molar-refractivity contribution in [3.05, 3.63) is 35.9 Å². The Morgan fingerprint density at radius 2 is 1.72 bits per heavy atom. The molecule has 2 aromatic rings. The maximum Gasteiger partial charge on any atom is 0.490 e. The van der Waals surface area contributed by atoms with Gasteiger partial charge in [0.05, 0.1) is 5.69 Å². The summed E-state index contributed by atoms with van der Waals surface area (Å²) in [7, 11) is 1.71. The van der Waals surface area contributed by atoms with E-state index in [9.17, 15) is 18.0 Å². The van der Waals surface area contributed by atoms with E-state index in [1.165, 1.54) is 12.8 Å². The molecule has 1 fully saturated rings. The van der Waals surface area contributed by atoms with Gasteiger partial charge in [-0.05, 0) is 18.9 Å². The molecule has 3 N–H and O–H groups in total. The predicted molar refractivity (Wildman–Crippen MR) is 96.9 cm³/mol. The van der Waals surface area contributed by atoms with Crippen LogP contribution in [0, 0.1) is 0 Å². The number of anilines is 2. The molecule has 3 rings (SSSR count). The third kappa shape index (κ3) is 6.36. The lowest BCUT2D eigenvalue weighted by Crippen LogP contribution is -2.21. The number of rotatable bonds is 5. The Balaban J connectivity index is 0.000000370. The number of nitrogens with one attached hydrogen (secondary N) is 1. The normalized spacial score (nSPS) is 13.6. The van der Waals surface area contributed by atoms with Gasteiger partial charge in [-0.2, -0.15) is 13.2 Å². The van der Waals surface area contributed by atoms with Crippen molar-refractivity contribution >= 4 is 23.6 Å². The van der Waals surface area contributed by atoms with Gasteiger partial charge in [-0.15, -0.1) is 0 Å². The molecule has 2 aromatic heterocycles. The Kier molecular flexibility index (Phi) is 7.02. The van der Waals surface area contributed by atoms with E-state index in [1.807, 2.05) is 12.4 Å². The minimum absolute atomic E-state index is 0.253. The van der Waals surface area contributed by atoms with E-state index in [0.29, 0.717) is 6.54 Å². The van der Waals surface area contributed by atoms with Crippen molar-refractivity contribution in [2.24, 2.45) is 7.05 Å².